The van der Waals surface area contributed by atoms with Crippen LogP contribution < -0.4 is 10.6 Å². The van der Waals surface area contributed by atoms with E-state index >= 15 is 0 Å². The molecule has 0 bridgehead atoms. The van der Waals surface area contributed by atoms with Crippen LogP contribution in [0.25, 0.3) is 0 Å². The molecule has 1 saturated heterocycles. The number of hydrogen-bond donors (Lipinski definition) is 2. The molecule has 1 unspecified atom stereocenters. The number of rotatable bonds is 3. The van der Waals surface area contributed by atoms with E-state index in [1.54, 1.807) is 6.07 Å². The minimum atomic E-state index is -1.04. The molecule has 98 valence electrons. The topological polar surface area (TPSA) is 75.8 Å². The highest BCUT2D eigenvalue weighted by Crippen LogP contribution is 2.34. The normalized spacial score (nSPS) is 18.9. The molecule has 1 aliphatic heterocycles. The second-order valence-electron chi connectivity index (χ2n) is 4.33. The van der Waals surface area contributed by atoms with Gasteiger partial charge in [-0.05, 0) is 18.6 Å². The van der Waals surface area contributed by atoms with Crippen LogP contribution in [0.2, 0.25) is 5.02 Å². The summed E-state index contributed by atoms with van der Waals surface area (Å²) in [6.07, 6.45) is 0.857. The molecule has 1 aliphatic rings. The van der Waals surface area contributed by atoms with Gasteiger partial charge in [0, 0.05) is 19.3 Å². The molecule has 0 amide bonds. The lowest BCUT2D eigenvalue weighted by Crippen LogP contribution is -2.33. The van der Waals surface area contributed by atoms with Gasteiger partial charge in [0.05, 0.1) is 28.9 Å². The van der Waals surface area contributed by atoms with E-state index in [9.17, 15) is 9.90 Å². The van der Waals surface area contributed by atoms with E-state index in [-0.39, 0.29) is 11.6 Å². The standard InChI is InChI=1S/C12H15ClN2O3/c1-15(8-2-3-18-6-8)11-9(12(16)17)4-7(14)5-10(11)13/h4-5,8H,2-3,6,14H2,1H3,(H,16,17). The monoisotopic (exact) mass is 270 g/mol. The van der Waals surface area contributed by atoms with Gasteiger partial charge in [-0.3, -0.25) is 0 Å². The van der Waals surface area contributed by atoms with Gasteiger partial charge in [0.15, 0.2) is 0 Å². The molecule has 1 aromatic carbocycles. The molecule has 3 N–H and O–H groups in total. The maximum Gasteiger partial charge on any atom is 0.337 e. The SMILES string of the molecule is CN(c1c(Cl)cc(N)cc1C(=O)O)C1CCOC1. The summed E-state index contributed by atoms with van der Waals surface area (Å²) in [5.74, 6) is -1.04. The van der Waals surface area contributed by atoms with Crippen LogP contribution in [-0.4, -0.2) is 37.4 Å². The lowest BCUT2D eigenvalue weighted by atomic mass is 10.1. The highest BCUT2D eigenvalue weighted by atomic mass is 35.5. The van der Waals surface area contributed by atoms with Gasteiger partial charge in [0.25, 0.3) is 0 Å². The molecule has 6 heteroatoms. The van der Waals surface area contributed by atoms with Crippen molar-refractivity contribution in [1.82, 2.24) is 0 Å². The van der Waals surface area contributed by atoms with Gasteiger partial charge in [0.1, 0.15) is 0 Å². The summed E-state index contributed by atoms with van der Waals surface area (Å²) in [6.45, 7) is 1.26. The zero-order valence-electron chi connectivity index (χ0n) is 10.0. The Bertz CT molecular complexity index is 473. The zero-order valence-corrected chi connectivity index (χ0v) is 10.8. The number of carboxylic acid groups (broad SMARTS) is 1. The molecule has 0 saturated carbocycles. The summed E-state index contributed by atoms with van der Waals surface area (Å²) in [7, 11) is 1.82. The summed E-state index contributed by atoms with van der Waals surface area (Å²) < 4.78 is 5.31. The summed E-state index contributed by atoms with van der Waals surface area (Å²) >= 11 is 6.13. The fraction of sp³-hybridized carbons (Fsp3) is 0.417. The Morgan fingerprint density at radius 1 is 1.61 bits per heavy atom. The average Bonchev–Trinajstić information content (AvgIpc) is 2.80. The Labute approximate surface area is 110 Å². The fourth-order valence-electron chi connectivity index (χ4n) is 2.15. The summed E-state index contributed by atoms with van der Waals surface area (Å²) in [5, 5.41) is 9.58. The molecule has 1 aromatic rings. The largest absolute Gasteiger partial charge is 0.478 e. The Hall–Kier alpha value is -1.46. The Balaban J connectivity index is 2.44. The third-order valence-corrected chi connectivity index (χ3v) is 3.41. The van der Waals surface area contributed by atoms with Crippen LogP contribution in [0.3, 0.4) is 0 Å². The van der Waals surface area contributed by atoms with Crippen LogP contribution in [0.15, 0.2) is 12.1 Å². The van der Waals surface area contributed by atoms with Crippen molar-refractivity contribution in [1.29, 1.82) is 0 Å². The predicted octanol–water partition coefficient (Wildman–Crippen LogP) is 1.85. The van der Waals surface area contributed by atoms with Gasteiger partial charge in [0.2, 0.25) is 0 Å². The number of ether oxygens (including phenoxy) is 1. The third kappa shape index (κ3) is 2.37. The number of nitrogen functional groups attached to an aromatic ring is 1. The van der Waals surface area contributed by atoms with Crippen molar-refractivity contribution in [3.63, 3.8) is 0 Å². The zero-order chi connectivity index (χ0) is 13.3. The average molecular weight is 271 g/mol. The van der Waals surface area contributed by atoms with Crippen molar-refractivity contribution in [2.24, 2.45) is 0 Å². The highest BCUT2D eigenvalue weighted by Gasteiger charge is 2.26. The minimum absolute atomic E-state index is 0.120. The lowest BCUT2D eigenvalue weighted by molar-refractivity contribution is 0.0697. The first-order valence-corrected chi connectivity index (χ1v) is 6.01. The lowest BCUT2D eigenvalue weighted by Gasteiger charge is -2.28. The van der Waals surface area contributed by atoms with E-state index in [1.165, 1.54) is 6.07 Å². The van der Waals surface area contributed by atoms with Gasteiger partial charge in [-0.15, -0.1) is 0 Å². The number of hydrogen-bond acceptors (Lipinski definition) is 4. The van der Waals surface area contributed by atoms with E-state index in [4.69, 9.17) is 22.1 Å². The quantitative estimate of drug-likeness (QED) is 0.820. The van der Waals surface area contributed by atoms with Gasteiger partial charge in [-0.2, -0.15) is 0 Å². The van der Waals surface area contributed by atoms with E-state index < -0.39 is 5.97 Å². The van der Waals surface area contributed by atoms with Crippen molar-refractivity contribution >= 4 is 28.9 Å². The van der Waals surface area contributed by atoms with Gasteiger partial charge in [-0.25, -0.2) is 4.79 Å². The molecule has 2 rings (SSSR count). The smallest absolute Gasteiger partial charge is 0.337 e. The fourth-order valence-corrected chi connectivity index (χ4v) is 2.51. The number of likely N-dealkylation sites (N-methyl/N-ethyl adjacent to an activating group) is 1. The van der Waals surface area contributed by atoms with Gasteiger partial charge >= 0.3 is 5.97 Å². The van der Waals surface area contributed by atoms with Crippen LogP contribution in [0.5, 0.6) is 0 Å². The maximum absolute atomic E-state index is 11.3. The first-order chi connectivity index (χ1) is 8.50. The number of nitrogens with two attached hydrogens (primary N) is 1. The maximum atomic E-state index is 11.3. The van der Waals surface area contributed by atoms with E-state index in [2.05, 4.69) is 0 Å². The number of halogens is 1. The first-order valence-electron chi connectivity index (χ1n) is 5.63. The number of aromatic carboxylic acids is 1. The molecular weight excluding hydrogens is 256 g/mol. The molecular formula is C12H15ClN2O3. The van der Waals surface area contributed by atoms with Gasteiger partial charge < -0.3 is 20.5 Å². The molecule has 1 atom stereocenters. The molecule has 0 spiro atoms. The van der Waals surface area contributed by atoms with Crippen LogP contribution in [0, 0.1) is 0 Å². The number of benzene rings is 1. The summed E-state index contributed by atoms with van der Waals surface area (Å²) in [5.41, 5.74) is 6.59. The first kappa shape index (κ1) is 13.0. The van der Waals surface area contributed by atoms with Crippen molar-refractivity contribution in [3.8, 4) is 0 Å². The molecule has 5 nitrogen and oxygen atoms in total. The van der Waals surface area contributed by atoms with Crippen molar-refractivity contribution < 1.29 is 14.6 Å². The second-order valence-corrected chi connectivity index (χ2v) is 4.74. The molecule has 0 radical (unpaired) electrons. The van der Waals surface area contributed by atoms with E-state index in [0.29, 0.717) is 29.6 Å². The third-order valence-electron chi connectivity index (χ3n) is 3.12. The van der Waals surface area contributed by atoms with Crippen LogP contribution in [0.1, 0.15) is 16.8 Å². The Morgan fingerprint density at radius 2 is 2.33 bits per heavy atom. The Morgan fingerprint density at radius 3 is 2.89 bits per heavy atom. The number of anilines is 2. The molecule has 18 heavy (non-hydrogen) atoms. The predicted molar refractivity (Wildman–Crippen MR) is 70.5 cm³/mol. The highest BCUT2D eigenvalue weighted by molar-refractivity contribution is 6.34. The van der Waals surface area contributed by atoms with Crippen molar-refractivity contribution in [2.45, 2.75) is 12.5 Å². The number of nitrogens with zero attached hydrogens (tertiary/aromatic N) is 1. The van der Waals surface area contributed by atoms with E-state index in [0.717, 1.165) is 6.42 Å². The molecule has 1 fully saturated rings. The van der Waals surface area contributed by atoms with Crippen LogP contribution >= 0.6 is 11.6 Å². The molecule has 0 aliphatic carbocycles. The number of carboxylic acids is 1. The van der Waals surface area contributed by atoms with E-state index in [1.807, 2.05) is 11.9 Å². The van der Waals surface area contributed by atoms with Crippen molar-refractivity contribution in [2.75, 3.05) is 30.9 Å². The van der Waals surface area contributed by atoms with Crippen LogP contribution in [-0.2, 0) is 4.74 Å². The minimum Gasteiger partial charge on any atom is -0.478 e. The van der Waals surface area contributed by atoms with Crippen molar-refractivity contribution in [3.05, 3.63) is 22.7 Å². The van der Waals surface area contributed by atoms with Gasteiger partial charge in [-0.1, -0.05) is 11.6 Å². The molecule has 1 heterocycles. The summed E-state index contributed by atoms with van der Waals surface area (Å²) in [4.78, 5) is 13.1. The van der Waals surface area contributed by atoms with Crippen LogP contribution in [0.4, 0.5) is 11.4 Å². The second kappa shape index (κ2) is 5.04. The molecule has 0 aromatic heterocycles. The summed E-state index contributed by atoms with van der Waals surface area (Å²) in [6, 6.07) is 3.13. The number of carbonyl (C=O) groups is 1. The Kier molecular flexibility index (Phi) is 3.63.